The molecule has 0 atom stereocenters. The van der Waals surface area contributed by atoms with Crippen LogP contribution in [0.3, 0.4) is 0 Å². The fourth-order valence-corrected chi connectivity index (χ4v) is 3.58. The summed E-state index contributed by atoms with van der Waals surface area (Å²) in [7, 11) is -1.85. The van der Waals surface area contributed by atoms with Gasteiger partial charge in [0.2, 0.25) is 15.9 Å². The van der Waals surface area contributed by atoms with Crippen molar-refractivity contribution in [3.05, 3.63) is 59.7 Å². The zero-order valence-corrected chi connectivity index (χ0v) is 16.0. The number of carbonyl (C=O) groups excluding carboxylic acids is 1. The van der Waals surface area contributed by atoms with Crippen LogP contribution in [-0.2, 0) is 21.2 Å². The van der Waals surface area contributed by atoms with Crippen LogP contribution < -0.4 is 14.4 Å². The van der Waals surface area contributed by atoms with E-state index in [1.807, 2.05) is 31.2 Å². The Hall–Kier alpha value is -2.54. The lowest BCUT2D eigenvalue weighted by molar-refractivity contribution is -0.120. The Balaban J connectivity index is 1.94. The standard InChI is InChI=1S/C19H24N2O4S/c1-15-6-4-5-7-18(15)21(26(3,23)24)13-12-20-19(22)14-16-8-10-17(25-2)11-9-16/h4-11H,12-14H2,1-3H3,(H,20,22). The largest absolute Gasteiger partial charge is 0.497 e. The maximum Gasteiger partial charge on any atom is 0.232 e. The minimum absolute atomic E-state index is 0.159. The highest BCUT2D eigenvalue weighted by atomic mass is 32.2. The third kappa shape index (κ3) is 5.49. The van der Waals surface area contributed by atoms with Crippen LogP contribution in [0.15, 0.2) is 48.5 Å². The average molecular weight is 376 g/mol. The molecule has 0 bridgehead atoms. The van der Waals surface area contributed by atoms with Crippen LogP contribution in [0.1, 0.15) is 11.1 Å². The summed E-state index contributed by atoms with van der Waals surface area (Å²) in [6, 6.07) is 14.5. The van der Waals surface area contributed by atoms with E-state index in [-0.39, 0.29) is 25.4 Å². The van der Waals surface area contributed by atoms with Gasteiger partial charge >= 0.3 is 0 Å². The molecule has 140 valence electrons. The first-order valence-electron chi connectivity index (χ1n) is 8.24. The van der Waals surface area contributed by atoms with E-state index in [9.17, 15) is 13.2 Å². The normalized spacial score (nSPS) is 11.0. The smallest absolute Gasteiger partial charge is 0.232 e. The molecule has 0 saturated heterocycles. The molecule has 0 unspecified atom stereocenters. The highest BCUT2D eigenvalue weighted by Crippen LogP contribution is 2.21. The highest BCUT2D eigenvalue weighted by Gasteiger charge is 2.18. The van der Waals surface area contributed by atoms with E-state index in [2.05, 4.69) is 5.32 Å². The lowest BCUT2D eigenvalue weighted by atomic mass is 10.1. The first-order valence-corrected chi connectivity index (χ1v) is 10.1. The van der Waals surface area contributed by atoms with Gasteiger partial charge in [-0.05, 0) is 36.2 Å². The average Bonchev–Trinajstić information content (AvgIpc) is 2.59. The number of hydrogen-bond donors (Lipinski definition) is 1. The van der Waals surface area contributed by atoms with E-state index in [4.69, 9.17) is 4.74 Å². The maximum atomic E-state index is 12.1. The molecule has 1 amide bonds. The number of hydrogen-bond acceptors (Lipinski definition) is 4. The minimum Gasteiger partial charge on any atom is -0.497 e. The van der Waals surface area contributed by atoms with Crippen molar-refractivity contribution in [3.63, 3.8) is 0 Å². The van der Waals surface area contributed by atoms with Crippen molar-refractivity contribution in [1.82, 2.24) is 5.32 Å². The van der Waals surface area contributed by atoms with Crippen molar-refractivity contribution in [2.24, 2.45) is 0 Å². The molecule has 26 heavy (non-hydrogen) atoms. The zero-order valence-electron chi connectivity index (χ0n) is 15.2. The van der Waals surface area contributed by atoms with E-state index in [1.54, 1.807) is 31.4 Å². The molecule has 2 aromatic rings. The van der Waals surface area contributed by atoms with Gasteiger partial charge in [-0.2, -0.15) is 0 Å². The molecular formula is C19H24N2O4S. The Kier molecular flexibility index (Phi) is 6.63. The van der Waals surface area contributed by atoms with Gasteiger partial charge in [-0.3, -0.25) is 9.10 Å². The number of ether oxygens (including phenoxy) is 1. The quantitative estimate of drug-likeness (QED) is 0.766. The molecule has 0 saturated carbocycles. The van der Waals surface area contributed by atoms with Crippen molar-refractivity contribution < 1.29 is 17.9 Å². The Bertz CT molecular complexity index is 848. The summed E-state index contributed by atoms with van der Waals surface area (Å²) in [4.78, 5) is 12.1. The van der Waals surface area contributed by atoms with Crippen molar-refractivity contribution in [2.75, 3.05) is 30.8 Å². The minimum atomic E-state index is -3.44. The Morgan fingerprint density at radius 2 is 1.77 bits per heavy atom. The number of nitrogens with one attached hydrogen (secondary N) is 1. The second-order valence-corrected chi connectivity index (χ2v) is 7.90. The summed E-state index contributed by atoms with van der Waals surface area (Å²) in [5, 5.41) is 2.78. The van der Waals surface area contributed by atoms with Crippen LogP contribution in [0.5, 0.6) is 5.75 Å². The molecule has 0 aliphatic carbocycles. The second kappa shape index (κ2) is 8.71. The fraction of sp³-hybridized carbons (Fsp3) is 0.316. The molecule has 0 radical (unpaired) electrons. The fourth-order valence-electron chi connectivity index (χ4n) is 2.60. The molecule has 1 N–H and O–H groups in total. The molecule has 6 nitrogen and oxygen atoms in total. The van der Waals surface area contributed by atoms with E-state index >= 15 is 0 Å². The number of amides is 1. The highest BCUT2D eigenvalue weighted by molar-refractivity contribution is 7.92. The van der Waals surface area contributed by atoms with Gasteiger partial charge in [-0.15, -0.1) is 0 Å². The number of para-hydroxylation sites is 1. The summed E-state index contributed by atoms with van der Waals surface area (Å²) in [5.41, 5.74) is 2.35. The van der Waals surface area contributed by atoms with Gasteiger partial charge in [0, 0.05) is 6.54 Å². The molecule has 2 rings (SSSR count). The maximum absolute atomic E-state index is 12.1. The van der Waals surface area contributed by atoms with Crippen LogP contribution in [-0.4, -0.2) is 40.8 Å². The van der Waals surface area contributed by atoms with Gasteiger partial charge in [0.25, 0.3) is 0 Å². The topological polar surface area (TPSA) is 75.7 Å². The lowest BCUT2D eigenvalue weighted by Gasteiger charge is -2.24. The number of aryl methyl sites for hydroxylation is 1. The number of sulfonamides is 1. The van der Waals surface area contributed by atoms with Gasteiger partial charge in [-0.1, -0.05) is 30.3 Å². The van der Waals surface area contributed by atoms with Crippen LogP contribution in [0.4, 0.5) is 5.69 Å². The van der Waals surface area contributed by atoms with Gasteiger partial charge in [-0.25, -0.2) is 8.42 Å². The van der Waals surface area contributed by atoms with Gasteiger partial charge in [0.1, 0.15) is 5.75 Å². The SMILES string of the molecule is COc1ccc(CC(=O)NCCN(c2ccccc2C)S(C)(=O)=O)cc1. The number of nitrogens with zero attached hydrogens (tertiary/aromatic N) is 1. The summed E-state index contributed by atoms with van der Waals surface area (Å²) in [5.74, 6) is 0.574. The molecule has 0 spiro atoms. The van der Waals surface area contributed by atoms with Crippen LogP contribution in [0.2, 0.25) is 0 Å². The van der Waals surface area contributed by atoms with Crippen molar-refractivity contribution in [3.8, 4) is 5.75 Å². The van der Waals surface area contributed by atoms with E-state index in [0.717, 1.165) is 16.9 Å². The predicted octanol–water partition coefficient (Wildman–Crippen LogP) is 2.13. The monoisotopic (exact) mass is 376 g/mol. The lowest BCUT2D eigenvalue weighted by Crippen LogP contribution is -2.38. The summed E-state index contributed by atoms with van der Waals surface area (Å²) in [6.07, 6.45) is 1.39. The van der Waals surface area contributed by atoms with Gasteiger partial charge < -0.3 is 10.1 Å². The Labute approximate surface area is 154 Å². The number of rotatable bonds is 8. The summed E-state index contributed by atoms with van der Waals surface area (Å²) >= 11 is 0. The molecule has 0 aliphatic rings. The van der Waals surface area contributed by atoms with E-state index in [1.165, 1.54) is 10.6 Å². The number of benzene rings is 2. The van der Waals surface area contributed by atoms with Crippen LogP contribution in [0.25, 0.3) is 0 Å². The Morgan fingerprint density at radius 1 is 1.12 bits per heavy atom. The summed E-state index contributed by atoms with van der Waals surface area (Å²) in [6.45, 7) is 2.27. The number of anilines is 1. The zero-order chi connectivity index (χ0) is 19.2. The predicted molar refractivity (Wildman–Crippen MR) is 103 cm³/mol. The van der Waals surface area contributed by atoms with Gasteiger partial charge in [0.05, 0.1) is 32.0 Å². The third-order valence-electron chi connectivity index (χ3n) is 3.95. The molecule has 0 aliphatic heterocycles. The molecule has 0 fully saturated rings. The second-order valence-electron chi connectivity index (χ2n) is 6.00. The third-order valence-corrected chi connectivity index (χ3v) is 5.13. The molecule has 0 aromatic heterocycles. The van der Waals surface area contributed by atoms with Crippen LogP contribution >= 0.6 is 0 Å². The number of carbonyl (C=O) groups is 1. The van der Waals surface area contributed by atoms with Gasteiger partial charge in [0.15, 0.2) is 0 Å². The first-order chi connectivity index (χ1) is 12.3. The van der Waals surface area contributed by atoms with Crippen molar-refractivity contribution in [2.45, 2.75) is 13.3 Å². The molecule has 7 heteroatoms. The Morgan fingerprint density at radius 3 is 2.35 bits per heavy atom. The summed E-state index contributed by atoms with van der Waals surface area (Å²) < 4.78 is 30.6. The number of methoxy groups -OCH3 is 1. The molecular weight excluding hydrogens is 352 g/mol. The van der Waals surface area contributed by atoms with Crippen molar-refractivity contribution in [1.29, 1.82) is 0 Å². The van der Waals surface area contributed by atoms with E-state index in [0.29, 0.717) is 5.69 Å². The molecule has 2 aromatic carbocycles. The molecule has 0 heterocycles. The first kappa shape index (κ1) is 19.8. The van der Waals surface area contributed by atoms with Crippen molar-refractivity contribution >= 4 is 21.6 Å². The van der Waals surface area contributed by atoms with E-state index < -0.39 is 10.0 Å². The van der Waals surface area contributed by atoms with Crippen LogP contribution in [0, 0.1) is 6.92 Å².